The first-order chi connectivity index (χ1) is 9.94. The molecule has 21 heavy (non-hydrogen) atoms. The van der Waals surface area contributed by atoms with Gasteiger partial charge in [0, 0.05) is 23.9 Å². The van der Waals surface area contributed by atoms with Crippen LogP contribution in [0.3, 0.4) is 0 Å². The monoisotopic (exact) mass is 313 g/mol. The lowest BCUT2D eigenvalue weighted by Crippen LogP contribution is -2.23. The summed E-state index contributed by atoms with van der Waals surface area (Å²) in [6, 6.07) is 3.82. The standard InChI is InChI=1S/C11H12FN5O3S/c12-10-3-7(11(13)17-18)1-2-8(10)4-16-21(19,20)9-5-14-15-6-9/h1-3,5-6,16,18H,4H2,(H2,13,17)(H,14,15). The van der Waals surface area contributed by atoms with E-state index in [9.17, 15) is 12.8 Å². The first-order valence-corrected chi connectivity index (χ1v) is 7.17. The summed E-state index contributed by atoms with van der Waals surface area (Å²) >= 11 is 0. The van der Waals surface area contributed by atoms with E-state index in [1.807, 2.05) is 0 Å². The van der Waals surface area contributed by atoms with E-state index in [0.29, 0.717) is 0 Å². The minimum atomic E-state index is -3.76. The average Bonchev–Trinajstić information content (AvgIpc) is 3.00. The second-order valence-corrected chi connectivity index (χ2v) is 5.82. The second kappa shape index (κ2) is 5.89. The Kier molecular flexibility index (Phi) is 4.19. The smallest absolute Gasteiger partial charge is 0.243 e. The number of nitrogens with two attached hydrogens (primary N) is 1. The van der Waals surface area contributed by atoms with Gasteiger partial charge in [-0.3, -0.25) is 5.10 Å². The number of halogens is 1. The number of rotatable bonds is 5. The third-order valence-corrected chi connectivity index (χ3v) is 4.06. The number of hydrogen-bond donors (Lipinski definition) is 4. The lowest BCUT2D eigenvalue weighted by molar-refractivity contribution is 0.318. The molecule has 8 nitrogen and oxygen atoms in total. The number of aromatic nitrogens is 2. The number of oxime groups is 1. The van der Waals surface area contributed by atoms with Crippen molar-refractivity contribution in [3.8, 4) is 0 Å². The Morgan fingerprint density at radius 2 is 2.29 bits per heavy atom. The number of nitrogens with zero attached hydrogens (tertiary/aromatic N) is 2. The fraction of sp³-hybridized carbons (Fsp3) is 0.0909. The molecule has 0 bridgehead atoms. The molecule has 5 N–H and O–H groups in total. The Labute approximate surface area is 119 Å². The Morgan fingerprint density at radius 3 is 2.86 bits per heavy atom. The van der Waals surface area contributed by atoms with Crippen LogP contribution in [0.2, 0.25) is 0 Å². The summed E-state index contributed by atoms with van der Waals surface area (Å²) in [7, 11) is -3.76. The van der Waals surface area contributed by atoms with Crippen molar-refractivity contribution in [3.63, 3.8) is 0 Å². The lowest BCUT2D eigenvalue weighted by Gasteiger charge is -2.07. The first-order valence-electron chi connectivity index (χ1n) is 5.69. The maximum absolute atomic E-state index is 13.8. The Morgan fingerprint density at radius 1 is 1.52 bits per heavy atom. The van der Waals surface area contributed by atoms with Crippen LogP contribution in [-0.4, -0.2) is 29.7 Å². The average molecular weight is 313 g/mol. The highest BCUT2D eigenvalue weighted by Gasteiger charge is 2.16. The third kappa shape index (κ3) is 3.35. The van der Waals surface area contributed by atoms with Crippen molar-refractivity contribution in [1.82, 2.24) is 14.9 Å². The van der Waals surface area contributed by atoms with Gasteiger partial charge in [-0.25, -0.2) is 17.5 Å². The SMILES string of the molecule is NC(=NO)c1ccc(CNS(=O)(=O)c2cn[nH]c2)c(F)c1. The van der Waals surface area contributed by atoms with Crippen LogP contribution < -0.4 is 10.5 Å². The van der Waals surface area contributed by atoms with Gasteiger partial charge in [-0.1, -0.05) is 17.3 Å². The summed E-state index contributed by atoms with van der Waals surface area (Å²) in [6.45, 7) is -0.240. The van der Waals surface area contributed by atoms with Crippen molar-refractivity contribution in [2.24, 2.45) is 10.9 Å². The zero-order valence-electron chi connectivity index (χ0n) is 10.6. The molecule has 0 aliphatic carbocycles. The summed E-state index contributed by atoms with van der Waals surface area (Å²) < 4.78 is 39.7. The van der Waals surface area contributed by atoms with Gasteiger partial charge in [-0.2, -0.15) is 5.10 Å². The van der Waals surface area contributed by atoms with Crippen LogP contribution >= 0.6 is 0 Å². The van der Waals surface area contributed by atoms with Crippen molar-refractivity contribution in [2.75, 3.05) is 0 Å². The number of aromatic amines is 1. The van der Waals surface area contributed by atoms with Crippen LogP contribution in [0.15, 0.2) is 40.6 Å². The van der Waals surface area contributed by atoms with E-state index >= 15 is 0 Å². The van der Waals surface area contributed by atoms with Crippen LogP contribution in [0.1, 0.15) is 11.1 Å². The van der Waals surface area contributed by atoms with E-state index < -0.39 is 15.8 Å². The van der Waals surface area contributed by atoms with Crippen molar-refractivity contribution < 1.29 is 18.0 Å². The number of nitrogens with one attached hydrogen (secondary N) is 2. The topological polar surface area (TPSA) is 133 Å². The van der Waals surface area contributed by atoms with Crippen molar-refractivity contribution in [3.05, 3.63) is 47.5 Å². The van der Waals surface area contributed by atoms with Gasteiger partial charge in [-0.05, 0) is 6.07 Å². The molecule has 1 aromatic carbocycles. The van der Waals surface area contributed by atoms with Gasteiger partial charge in [0.25, 0.3) is 0 Å². The van der Waals surface area contributed by atoms with Gasteiger partial charge >= 0.3 is 0 Å². The lowest BCUT2D eigenvalue weighted by atomic mass is 10.1. The second-order valence-electron chi connectivity index (χ2n) is 4.05. The fourth-order valence-corrected chi connectivity index (χ4v) is 2.46. The molecule has 0 radical (unpaired) electrons. The zero-order chi connectivity index (χ0) is 15.5. The van der Waals surface area contributed by atoms with E-state index in [1.165, 1.54) is 18.3 Å². The van der Waals surface area contributed by atoms with E-state index in [1.54, 1.807) is 0 Å². The molecule has 0 aliphatic heterocycles. The van der Waals surface area contributed by atoms with Gasteiger partial charge in [0.2, 0.25) is 10.0 Å². The van der Waals surface area contributed by atoms with E-state index in [2.05, 4.69) is 20.1 Å². The molecule has 0 saturated heterocycles. The molecule has 0 amide bonds. The van der Waals surface area contributed by atoms with Gasteiger partial charge < -0.3 is 10.9 Å². The number of benzene rings is 1. The molecule has 2 aromatic rings. The summed E-state index contributed by atoms with van der Waals surface area (Å²) in [5, 5.41) is 17.2. The summed E-state index contributed by atoms with van der Waals surface area (Å²) in [5.74, 6) is -0.909. The molecule has 0 atom stereocenters. The first kappa shape index (κ1) is 14.9. The van der Waals surface area contributed by atoms with Gasteiger partial charge in [0.1, 0.15) is 10.7 Å². The van der Waals surface area contributed by atoms with Crippen LogP contribution in [0.4, 0.5) is 4.39 Å². The van der Waals surface area contributed by atoms with Crippen LogP contribution in [-0.2, 0) is 16.6 Å². The highest BCUT2D eigenvalue weighted by atomic mass is 32.2. The fourth-order valence-electron chi connectivity index (χ4n) is 1.55. The molecule has 0 aliphatic rings. The predicted octanol–water partition coefficient (Wildman–Crippen LogP) is 0.122. The summed E-state index contributed by atoms with van der Waals surface area (Å²) in [4.78, 5) is -0.0452. The van der Waals surface area contributed by atoms with Gasteiger partial charge in [-0.15, -0.1) is 0 Å². The van der Waals surface area contributed by atoms with Gasteiger partial charge in [0.15, 0.2) is 5.84 Å². The van der Waals surface area contributed by atoms with Crippen molar-refractivity contribution in [2.45, 2.75) is 11.4 Å². The van der Waals surface area contributed by atoms with Gasteiger partial charge in [0.05, 0.1) is 6.20 Å². The molecule has 1 aromatic heterocycles. The van der Waals surface area contributed by atoms with Crippen LogP contribution in [0.5, 0.6) is 0 Å². The maximum Gasteiger partial charge on any atom is 0.243 e. The molecule has 112 valence electrons. The maximum atomic E-state index is 13.8. The Balaban J connectivity index is 2.14. The molecule has 0 saturated carbocycles. The highest BCUT2D eigenvalue weighted by molar-refractivity contribution is 7.89. The van der Waals surface area contributed by atoms with Crippen molar-refractivity contribution >= 4 is 15.9 Å². The molecular weight excluding hydrogens is 301 g/mol. The molecular formula is C11H12FN5O3S. The van der Waals surface area contributed by atoms with Crippen LogP contribution in [0, 0.1) is 5.82 Å². The number of hydrogen-bond acceptors (Lipinski definition) is 5. The third-order valence-electron chi connectivity index (χ3n) is 2.69. The number of amidine groups is 1. The van der Waals surface area contributed by atoms with Crippen LogP contribution in [0.25, 0.3) is 0 Å². The number of sulfonamides is 1. The molecule has 0 spiro atoms. The molecule has 0 fully saturated rings. The highest BCUT2D eigenvalue weighted by Crippen LogP contribution is 2.12. The van der Waals surface area contributed by atoms with E-state index in [-0.39, 0.29) is 28.4 Å². The predicted molar refractivity (Wildman–Crippen MR) is 71.5 cm³/mol. The normalized spacial score (nSPS) is 12.5. The quantitative estimate of drug-likeness (QED) is 0.269. The summed E-state index contributed by atoms with van der Waals surface area (Å²) in [5.41, 5.74) is 5.64. The molecule has 10 heteroatoms. The van der Waals surface area contributed by atoms with Crippen molar-refractivity contribution in [1.29, 1.82) is 0 Å². The minimum absolute atomic E-state index is 0.0452. The minimum Gasteiger partial charge on any atom is -0.409 e. The van der Waals surface area contributed by atoms with E-state index in [4.69, 9.17) is 10.9 Å². The summed E-state index contributed by atoms with van der Waals surface area (Å²) in [6.07, 6.45) is 2.35. The zero-order valence-corrected chi connectivity index (χ0v) is 11.4. The Hall–Kier alpha value is -2.46. The number of H-pyrrole nitrogens is 1. The largest absolute Gasteiger partial charge is 0.409 e. The Bertz CT molecular complexity index is 758. The molecule has 0 unspecified atom stereocenters. The molecule has 2 rings (SSSR count). The van der Waals surface area contributed by atoms with E-state index in [0.717, 1.165) is 12.3 Å². The molecule has 1 heterocycles.